The second-order valence-electron chi connectivity index (χ2n) is 6.32. The number of hydrogen-bond acceptors (Lipinski definition) is 7. The molecule has 2 aromatic rings. The van der Waals surface area contributed by atoms with Crippen LogP contribution in [-0.2, 0) is 25.7 Å². The number of nitrogens with zero attached hydrogens (tertiary/aromatic N) is 1. The molecule has 0 aromatic heterocycles. The molecule has 35 heavy (non-hydrogen) atoms. The van der Waals surface area contributed by atoms with Crippen molar-refractivity contribution in [3.05, 3.63) is 57.6 Å². The Hall–Kier alpha value is -2.90. The SMILES string of the molecule is CO/N=C(/C(=O)OC)c1ccccc1COc1cc(Cl)c(OC(F)(F)C(F)OC(F)(F)F)c(Cl)c1. The molecule has 0 heterocycles. The molecule has 0 bridgehead atoms. The van der Waals surface area contributed by atoms with Gasteiger partial charge in [-0.1, -0.05) is 52.6 Å². The van der Waals surface area contributed by atoms with Crippen LogP contribution < -0.4 is 9.47 Å². The Balaban J connectivity index is 2.24. The van der Waals surface area contributed by atoms with Crippen LogP contribution in [0.2, 0.25) is 10.0 Å². The molecule has 1 unspecified atom stereocenters. The van der Waals surface area contributed by atoms with Gasteiger partial charge in [-0.2, -0.15) is 8.78 Å². The predicted molar refractivity (Wildman–Crippen MR) is 110 cm³/mol. The van der Waals surface area contributed by atoms with Gasteiger partial charge in [0.1, 0.15) is 19.5 Å². The van der Waals surface area contributed by atoms with Crippen LogP contribution >= 0.6 is 23.2 Å². The van der Waals surface area contributed by atoms with Gasteiger partial charge in [-0.05, 0) is 5.56 Å². The number of carbonyl (C=O) groups excluding carboxylic acids is 1. The molecule has 0 amide bonds. The van der Waals surface area contributed by atoms with E-state index in [-0.39, 0.29) is 23.6 Å². The third-order valence-electron chi connectivity index (χ3n) is 3.94. The van der Waals surface area contributed by atoms with Crippen molar-refractivity contribution in [2.75, 3.05) is 14.2 Å². The van der Waals surface area contributed by atoms with Crippen molar-refractivity contribution in [3.8, 4) is 11.5 Å². The summed E-state index contributed by atoms with van der Waals surface area (Å²) in [6, 6.07) is 8.23. The van der Waals surface area contributed by atoms with Gasteiger partial charge in [0.05, 0.1) is 17.2 Å². The highest BCUT2D eigenvalue weighted by atomic mass is 35.5. The van der Waals surface area contributed by atoms with Crippen LogP contribution in [0.3, 0.4) is 0 Å². The third-order valence-corrected chi connectivity index (χ3v) is 4.50. The van der Waals surface area contributed by atoms with Crippen molar-refractivity contribution in [2.24, 2.45) is 5.16 Å². The van der Waals surface area contributed by atoms with E-state index in [1.165, 1.54) is 13.2 Å². The highest BCUT2D eigenvalue weighted by Gasteiger charge is 2.51. The standard InChI is InChI=1S/C20H15Cl2F6NO6/c1-31-17(30)15(29-32-2)12-6-4-3-5-10(12)9-33-11-7-13(21)16(14(22)8-11)34-19(24,25)18(23)35-20(26,27)28/h3-8,18H,9H2,1-2H3/b29-15+. The first-order valence-electron chi connectivity index (χ1n) is 9.14. The number of halogens is 8. The summed E-state index contributed by atoms with van der Waals surface area (Å²) in [5.74, 6) is -1.90. The molecule has 15 heteroatoms. The van der Waals surface area contributed by atoms with Gasteiger partial charge in [0.2, 0.25) is 0 Å². The monoisotopic (exact) mass is 549 g/mol. The lowest BCUT2D eigenvalue weighted by Gasteiger charge is -2.23. The fourth-order valence-corrected chi connectivity index (χ4v) is 3.05. The second-order valence-corrected chi connectivity index (χ2v) is 7.13. The number of methoxy groups -OCH3 is 1. The maximum Gasteiger partial charge on any atom is 0.525 e. The molecule has 0 spiro atoms. The Morgan fingerprint density at radius 2 is 1.66 bits per heavy atom. The van der Waals surface area contributed by atoms with Gasteiger partial charge in [0.15, 0.2) is 11.5 Å². The van der Waals surface area contributed by atoms with Crippen molar-refractivity contribution in [1.82, 2.24) is 0 Å². The number of benzene rings is 2. The van der Waals surface area contributed by atoms with Crippen molar-refractivity contribution in [3.63, 3.8) is 0 Å². The molecule has 0 fully saturated rings. The van der Waals surface area contributed by atoms with E-state index in [2.05, 4.69) is 24.2 Å². The zero-order valence-electron chi connectivity index (χ0n) is 17.7. The largest absolute Gasteiger partial charge is 0.525 e. The molecule has 7 nitrogen and oxygen atoms in total. The second kappa shape index (κ2) is 11.7. The molecule has 0 aliphatic heterocycles. The lowest BCUT2D eigenvalue weighted by Crippen LogP contribution is -2.41. The van der Waals surface area contributed by atoms with E-state index in [1.54, 1.807) is 18.2 Å². The normalized spacial score (nSPS) is 13.3. The highest BCUT2D eigenvalue weighted by molar-refractivity contribution is 6.43. The van der Waals surface area contributed by atoms with Crippen molar-refractivity contribution < 1.29 is 54.9 Å². The smallest absolute Gasteiger partial charge is 0.489 e. The zero-order chi connectivity index (χ0) is 26.4. The molecule has 0 N–H and O–H groups in total. The van der Waals surface area contributed by atoms with Crippen LogP contribution in [0.5, 0.6) is 11.5 Å². The minimum absolute atomic E-state index is 0.0860. The maximum absolute atomic E-state index is 13.7. The fourth-order valence-electron chi connectivity index (χ4n) is 2.51. The van der Waals surface area contributed by atoms with E-state index in [0.29, 0.717) is 5.56 Å². The first-order chi connectivity index (χ1) is 16.3. The highest BCUT2D eigenvalue weighted by Crippen LogP contribution is 2.41. The number of carbonyl (C=O) groups is 1. The number of rotatable bonds is 10. The van der Waals surface area contributed by atoms with E-state index in [4.69, 9.17) is 27.9 Å². The van der Waals surface area contributed by atoms with Crippen LogP contribution in [0.15, 0.2) is 41.6 Å². The summed E-state index contributed by atoms with van der Waals surface area (Å²) < 4.78 is 93.6. The number of alkyl halides is 6. The Bertz CT molecular complexity index is 1060. The van der Waals surface area contributed by atoms with Gasteiger partial charge >= 0.3 is 24.8 Å². The summed E-state index contributed by atoms with van der Waals surface area (Å²) in [5.41, 5.74) is 0.534. The molecule has 2 aromatic carbocycles. The molecule has 0 radical (unpaired) electrons. The summed E-state index contributed by atoms with van der Waals surface area (Å²) in [5, 5.41) is 2.38. The van der Waals surface area contributed by atoms with Crippen molar-refractivity contribution in [2.45, 2.75) is 25.4 Å². The molecule has 0 saturated carbocycles. The number of esters is 1. The summed E-state index contributed by atoms with van der Waals surface area (Å²) in [7, 11) is 2.36. The number of hydrogen-bond donors (Lipinski definition) is 0. The van der Waals surface area contributed by atoms with Crippen LogP contribution in [0.25, 0.3) is 0 Å². The van der Waals surface area contributed by atoms with Crippen LogP contribution in [-0.4, -0.2) is 44.7 Å². The Kier molecular flexibility index (Phi) is 9.46. The van der Waals surface area contributed by atoms with Gasteiger partial charge in [-0.25, -0.2) is 13.9 Å². The summed E-state index contributed by atoms with van der Waals surface area (Å²) >= 11 is 11.7. The van der Waals surface area contributed by atoms with E-state index in [0.717, 1.165) is 19.2 Å². The van der Waals surface area contributed by atoms with Gasteiger partial charge in [0.25, 0.3) is 0 Å². The summed E-state index contributed by atoms with van der Waals surface area (Å²) in [6.45, 7) is -0.217. The fraction of sp³-hybridized carbons (Fsp3) is 0.300. The van der Waals surface area contributed by atoms with Gasteiger partial charge < -0.3 is 19.0 Å². The Morgan fingerprint density at radius 1 is 1.06 bits per heavy atom. The average molecular weight is 550 g/mol. The molecular formula is C20H15Cl2F6NO6. The third kappa shape index (κ3) is 7.80. The minimum atomic E-state index is -5.69. The molecule has 1 atom stereocenters. The van der Waals surface area contributed by atoms with Crippen molar-refractivity contribution >= 4 is 34.9 Å². The first-order valence-corrected chi connectivity index (χ1v) is 9.89. The molecule has 2 rings (SSSR count). The lowest BCUT2D eigenvalue weighted by molar-refractivity contribution is -0.411. The summed E-state index contributed by atoms with van der Waals surface area (Å²) in [4.78, 5) is 16.7. The van der Waals surface area contributed by atoms with E-state index in [1.807, 2.05) is 0 Å². The number of ether oxygens (including phenoxy) is 4. The zero-order valence-corrected chi connectivity index (χ0v) is 19.2. The van der Waals surface area contributed by atoms with Gasteiger partial charge in [0, 0.05) is 17.7 Å². The lowest BCUT2D eigenvalue weighted by atomic mass is 10.0. The molecule has 0 saturated heterocycles. The Morgan fingerprint density at radius 3 is 2.20 bits per heavy atom. The van der Waals surface area contributed by atoms with E-state index in [9.17, 15) is 31.1 Å². The predicted octanol–water partition coefficient (Wildman–Crippen LogP) is 5.90. The van der Waals surface area contributed by atoms with Gasteiger partial charge in [-0.15, -0.1) is 13.2 Å². The quantitative estimate of drug-likeness (QED) is 0.159. The van der Waals surface area contributed by atoms with Crippen LogP contribution in [0, 0.1) is 0 Å². The Labute approximate surface area is 204 Å². The average Bonchev–Trinajstić information content (AvgIpc) is 2.77. The summed E-state index contributed by atoms with van der Waals surface area (Å²) in [6.07, 6.45) is -15.0. The van der Waals surface area contributed by atoms with Gasteiger partial charge in [-0.3, -0.25) is 0 Å². The molecule has 0 aliphatic rings. The number of oxime groups is 1. The molecular weight excluding hydrogens is 535 g/mol. The van der Waals surface area contributed by atoms with E-state index >= 15 is 0 Å². The van der Waals surface area contributed by atoms with E-state index < -0.39 is 40.6 Å². The van der Waals surface area contributed by atoms with Crippen LogP contribution in [0.4, 0.5) is 26.3 Å². The minimum Gasteiger partial charge on any atom is -0.489 e. The molecule has 0 aliphatic carbocycles. The molecule has 192 valence electrons. The van der Waals surface area contributed by atoms with Crippen molar-refractivity contribution in [1.29, 1.82) is 0 Å². The first kappa shape index (κ1) is 28.3. The van der Waals surface area contributed by atoms with Crippen LogP contribution in [0.1, 0.15) is 11.1 Å². The maximum atomic E-state index is 13.7. The topological polar surface area (TPSA) is 75.6 Å².